The zero-order chi connectivity index (χ0) is 26.9. The van der Waals surface area contributed by atoms with Crippen LogP contribution in [-0.2, 0) is 29.4 Å². The summed E-state index contributed by atoms with van der Waals surface area (Å²) in [6.07, 6.45) is -5.20. The Morgan fingerprint density at radius 3 is 2.40 bits per heavy atom. The minimum atomic E-state index is -5.06. The van der Waals surface area contributed by atoms with Gasteiger partial charge in [-0.3, -0.25) is 0 Å². The summed E-state index contributed by atoms with van der Waals surface area (Å²) in [6.45, 7) is 1.35. The summed E-state index contributed by atoms with van der Waals surface area (Å²) in [5.41, 5.74) is 1.13. The number of ether oxygens (including phenoxy) is 2. The Bertz CT molecular complexity index is 1080. The van der Waals surface area contributed by atoms with Crippen molar-refractivity contribution in [3.05, 3.63) is 53.8 Å². The van der Waals surface area contributed by atoms with Gasteiger partial charge in [-0.1, -0.05) is 0 Å². The van der Waals surface area contributed by atoms with E-state index in [9.17, 15) is 40.3 Å². The van der Waals surface area contributed by atoms with Crippen molar-refractivity contribution in [3.63, 3.8) is 0 Å². The van der Waals surface area contributed by atoms with Crippen LogP contribution in [0.25, 0.3) is 0 Å². The molecule has 1 aliphatic heterocycles. The molecule has 1 aromatic rings. The van der Waals surface area contributed by atoms with Crippen molar-refractivity contribution in [2.45, 2.75) is 44.3 Å². The zero-order valence-corrected chi connectivity index (χ0v) is 19.0. The number of halogens is 7. The van der Waals surface area contributed by atoms with Gasteiger partial charge in [0.1, 0.15) is 0 Å². The van der Waals surface area contributed by atoms with Gasteiger partial charge in [-0.25, -0.2) is 0 Å². The van der Waals surface area contributed by atoms with Crippen LogP contribution in [0.2, 0.25) is 0 Å². The van der Waals surface area contributed by atoms with Crippen LogP contribution in [0.1, 0.15) is 25.3 Å². The Labute approximate surface area is 202 Å². The monoisotopic (exact) mass is 554 g/mol. The SMILES string of the molecule is C=C/C(=C\[C](=[Ni])C(N)=O)NC(=O)[C@H]1O[C@@](C)(C(F)(F)F)[C@@H](C)[C@H]1c1ccc(F)c(F)c1OC(F)F. The first-order valence-corrected chi connectivity index (χ1v) is 10.2. The van der Waals surface area contributed by atoms with Crippen molar-refractivity contribution in [2.75, 3.05) is 0 Å². The van der Waals surface area contributed by atoms with Crippen molar-refractivity contribution in [1.82, 2.24) is 5.32 Å². The molecule has 1 saturated heterocycles. The Morgan fingerprint density at radius 2 is 1.91 bits per heavy atom. The summed E-state index contributed by atoms with van der Waals surface area (Å²) in [4.78, 5) is 24.2. The summed E-state index contributed by atoms with van der Waals surface area (Å²) in [5, 5.41) is 2.16. The first-order chi connectivity index (χ1) is 16.0. The second kappa shape index (κ2) is 10.5. The van der Waals surface area contributed by atoms with E-state index in [1.165, 1.54) is 0 Å². The van der Waals surface area contributed by atoms with E-state index in [2.05, 4.69) is 31.7 Å². The number of rotatable bonds is 8. The topological polar surface area (TPSA) is 90.7 Å². The Balaban J connectivity index is 2.64. The summed E-state index contributed by atoms with van der Waals surface area (Å²) < 4.78 is 105. The van der Waals surface area contributed by atoms with Crippen molar-refractivity contribution >= 4 is 16.3 Å². The molecule has 2 amide bonds. The Kier molecular flexibility index (Phi) is 8.54. The van der Waals surface area contributed by atoms with Crippen molar-refractivity contribution in [2.24, 2.45) is 11.7 Å². The van der Waals surface area contributed by atoms with E-state index < -0.39 is 75.6 Å². The van der Waals surface area contributed by atoms with E-state index in [4.69, 9.17) is 10.5 Å². The number of hydrogen-bond donors (Lipinski definition) is 2. The van der Waals surface area contributed by atoms with Crippen LogP contribution in [-0.4, -0.2) is 40.8 Å². The van der Waals surface area contributed by atoms with Crippen LogP contribution in [0.3, 0.4) is 0 Å². The molecule has 0 radical (unpaired) electrons. The van der Waals surface area contributed by atoms with Crippen LogP contribution in [0.5, 0.6) is 5.75 Å². The quantitative estimate of drug-likeness (QED) is 0.293. The Morgan fingerprint density at radius 1 is 1.31 bits per heavy atom. The maximum absolute atomic E-state index is 14.4. The molecule has 6 nitrogen and oxygen atoms in total. The maximum atomic E-state index is 14.4. The van der Waals surface area contributed by atoms with Crippen LogP contribution in [0.15, 0.2) is 36.6 Å². The number of benzene rings is 1. The van der Waals surface area contributed by atoms with E-state index in [0.717, 1.165) is 25.1 Å². The summed E-state index contributed by atoms with van der Waals surface area (Å²) in [6, 6.07) is 1.23. The number of nitrogens with two attached hydrogens (primary N) is 1. The van der Waals surface area contributed by atoms with Gasteiger partial charge in [0.2, 0.25) is 0 Å². The van der Waals surface area contributed by atoms with Gasteiger partial charge in [0, 0.05) is 0 Å². The van der Waals surface area contributed by atoms with E-state index in [0.29, 0.717) is 13.0 Å². The Hall–Kier alpha value is -2.73. The molecule has 4 atom stereocenters. The van der Waals surface area contributed by atoms with Gasteiger partial charge >= 0.3 is 202 Å². The van der Waals surface area contributed by atoms with Crippen LogP contribution >= 0.6 is 0 Å². The number of hydrogen-bond acceptors (Lipinski definition) is 4. The first-order valence-electron chi connectivity index (χ1n) is 9.66. The average Bonchev–Trinajstić information content (AvgIpc) is 3.02. The second-order valence-corrected chi connectivity index (χ2v) is 8.12. The molecule has 1 aromatic carbocycles. The number of nitrogens with one attached hydrogen (secondary N) is 1. The minimum absolute atomic E-state index is 0.236. The van der Waals surface area contributed by atoms with Crippen molar-refractivity contribution < 1.29 is 64.8 Å². The molecule has 0 aromatic heterocycles. The van der Waals surface area contributed by atoms with Crippen LogP contribution in [0.4, 0.5) is 30.7 Å². The molecule has 0 unspecified atom stereocenters. The van der Waals surface area contributed by atoms with Gasteiger partial charge in [0.15, 0.2) is 0 Å². The predicted molar refractivity (Wildman–Crippen MR) is 105 cm³/mol. The van der Waals surface area contributed by atoms with Gasteiger partial charge in [-0.05, 0) is 0 Å². The molecule has 2 rings (SSSR count). The summed E-state index contributed by atoms with van der Waals surface area (Å²) in [5.74, 6) is -10.5. The number of allylic oxidation sites excluding steroid dienone is 1. The van der Waals surface area contributed by atoms with Gasteiger partial charge < -0.3 is 0 Å². The first kappa shape index (κ1) is 28.5. The molecule has 1 fully saturated rings. The normalized spacial score (nSPS) is 24.9. The fraction of sp³-hybridized carbons (Fsp3) is 0.381. The third-order valence-corrected chi connectivity index (χ3v) is 5.94. The van der Waals surface area contributed by atoms with Crippen LogP contribution in [0, 0.1) is 17.6 Å². The molecule has 0 bridgehead atoms. The molecule has 3 N–H and O–H groups in total. The van der Waals surface area contributed by atoms with E-state index >= 15 is 0 Å². The third-order valence-electron chi connectivity index (χ3n) is 5.55. The molecular weight excluding hydrogens is 536 g/mol. The average molecular weight is 555 g/mol. The number of amides is 2. The molecule has 1 heterocycles. The van der Waals surface area contributed by atoms with Crippen LogP contribution < -0.4 is 15.8 Å². The fourth-order valence-electron chi connectivity index (χ4n) is 3.60. The van der Waals surface area contributed by atoms with Gasteiger partial charge in [0.25, 0.3) is 0 Å². The van der Waals surface area contributed by atoms with E-state index in [1.807, 2.05) is 0 Å². The summed E-state index contributed by atoms with van der Waals surface area (Å²) in [7, 11) is 0. The van der Waals surface area contributed by atoms with Crippen molar-refractivity contribution in [3.8, 4) is 5.75 Å². The summed E-state index contributed by atoms with van der Waals surface area (Å²) >= 11 is 4.36. The molecule has 0 aliphatic carbocycles. The molecule has 35 heavy (non-hydrogen) atoms. The van der Waals surface area contributed by atoms with E-state index in [-0.39, 0.29) is 5.70 Å². The molecule has 196 valence electrons. The van der Waals surface area contributed by atoms with Crippen molar-refractivity contribution in [1.29, 1.82) is 0 Å². The molecule has 1 aliphatic rings. The van der Waals surface area contributed by atoms with Gasteiger partial charge in [-0.15, -0.1) is 0 Å². The molecule has 0 spiro atoms. The molecule has 14 heteroatoms. The standard InChI is InChI=1S/C21H19F7N2O4.Ni/c1-4-10(5-8-13(29)31)30-18(32)17-14(9(2)20(3,34-17)21(26,27)28)11-6-7-12(22)15(23)16(11)33-19(24)25;/h4-7,9,14,17,19H,1H2,2-3H3,(H2,29,31)(H,30,32);/b10-5+;/t9-,14-,17-,20+;/m0./s1. The van der Waals surface area contributed by atoms with E-state index in [1.54, 1.807) is 0 Å². The van der Waals surface area contributed by atoms with Gasteiger partial charge in [0.05, 0.1) is 0 Å². The number of alkyl halides is 5. The molecular formula is C21H19F7N2NiO4. The fourth-order valence-corrected chi connectivity index (χ4v) is 3.75. The second-order valence-electron chi connectivity index (χ2n) is 7.59. The van der Waals surface area contributed by atoms with Gasteiger partial charge in [-0.2, -0.15) is 0 Å². The number of primary amides is 1. The number of carbonyl (C=O) groups is 2. The predicted octanol–water partition coefficient (Wildman–Crippen LogP) is 3.40. The number of carbonyl (C=O) groups excluding carboxylic acids is 2. The third kappa shape index (κ3) is 5.75. The molecule has 0 saturated carbocycles. The zero-order valence-electron chi connectivity index (χ0n) is 18.0.